The zero-order valence-corrected chi connectivity index (χ0v) is 9.07. The van der Waals surface area contributed by atoms with Crippen molar-refractivity contribution in [2.75, 3.05) is 25.6 Å². The number of halogens is 1. The molecule has 0 fully saturated rings. The van der Waals surface area contributed by atoms with E-state index in [9.17, 15) is 0 Å². The molecular weight excluding hydrogens is 208 g/mol. The quantitative estimate of drug-likeness (QED) is 0.747. The van der Waals surface area contributed by atoms with Gasteiger partial charge in [-0.2, -0.15) is 0 Å². The van der Waals surface area contributed by atoms with Crippen LogP contribution in [0.15, 0.2) is 11.6 Å². The molecule has 1 aromatic rings. The smallest absolute Gasteiger partial charge is 0.182 e. The van der Waals surface area contributed by atoms with Gasteiger partial charge in [0.1, 0.15) is 0 Å². The number of methoxy groups -OCH3 is 1. The zero-order chi connectivity index (χ0) is 9.52. The van der Waals surface area contributed by atoms with Gasteiger partial charge in [0.25, 0.3) is 0 Å². The van der Waals surface area contributed by atoms with E-state index in [0.717, 1.165) is 18.1 Å². The highest BCUT2D eigenvalue weighted by molar-refractivity contribution is 7.13. The highest BCUT2D eigenvalue weighted by Crippen LogP contribution is 2.11. The Morgan fingerprint density at radius 2 is 2.62 bits per heavy atom. The molecule has 0 aromatic carbocycles. The van der Waals surface area contributed by atoms with Gasteiger partial charge in [0.05, 0.1) is 12.0 Å². The Hall–Kier alpha value is -0.320. The summed E-state index contributed by atoms with van der Waals surface area (Å²) in [5, 5.41) is 6.15. The molecule has 1 unspecified atom stereocenters. The van der Waals surface area contributed by atoms with Crippen LogP contribution in [0.5, 0.6) is 0 Å². The lowest BCUT2D eigenvalue weighted by Crippen LogP contribution is -2.13. The third-order valence-electron chi connectivity index (χ3n) is 1.51. The standard InChI is InChI=1S/C8H13ClN2OS/c1-12-6-7(9)2-3-10-8-11-4-5-13-8/h4-5,7H,2-3,6H2,1H3,(H,10,11). The van der Waals surface area contributed by atoms with E-state index in [4.69, 9.17) is 16.3 Å². The number of thiazole rings is 1. The van der Waals surface area contributed by atoms with Crippen molar-refractivity contribution in [3.8, 4) is 0 Å². The number of alkyl halides is 1. The molecule has 0 radical (unpaired) electrons. The van der Waals surface area contributed by atoms with Gasteiger partial charge in [-0.3, -0.25) is 0 Å². The van der Waals surface area contributed by atoms with Crippen molar-refractivity contribution in [3.05, 3.63) is 11.6 Å². The van der Waals surface area contributed by atoms with Gasteiger partial charge in [0, 0.05) is 25.2 Å². The number of nitrogens with one attached hydrogen (secondary N) is 1. The third kappa shape index (κ3) is 4.45. The summed E-state index contributed by atoms with van der Waals surface area (Å²) < 4.78 is 4.92. The van der Waals surface area contributed by atoms with Gasteiger partial charge in [-0.15, -0.1) is 22.9 Å². The topological polar surface area (TPSA) is 34.1 Å². The molecule has 1 atom stereocenters. The van der Waals surface area contributed by atoms with Gasteiger partial charge < -0.3 is 10.1 Å². The van der Waals surface area contributed by atoms with Crippen molar-refractivity contribution in [2.24, 2.45) is 0 Å². The first-order valence-electron chi connectivity index (χ1n) is 4.09. The summed E-state index contributed by atoms with van der Waals surface area (Å²) in [6.07, 6.45) is 2.66. The number of hydrogen-bond donors (Lipinski definition) is 1. The third-order valence-corrected chi connectivity index (χ3v) is 2.59. The average Bonchev–Trinajstić information content (AvgIpc) is 2.57. The fourth-order valence-corrected chi connectivity index (χ4v) is 1.70. The summed E-state index contributed by atoms with van der Waals surface area (Å²) in [4.78, 5) is 4.09. The number of anilines is 1. The van der Waals surface area contributed by atoms with Gasteiger partial charge in [0.15, 0.2) is 5.13 Å². The Morgan fingerprint density at radius 3 is 3.23 bits per heavy atom. The molecule has 0 spiro atoms. The minimum Gasteiger partial charge on any atom is -0.383 e. The Kier molecular flexibility index (Phi) is 5.12. The maximum absolute atomic E-state index is 5.94. The largest absolute Gasteiger partial charge is 0.383 e. The average molecular weight is 221 g/mol. The number of nitrogens with zero attached hydrogens (tertiary/aromatic N) is 1. The van der Waals surface area contributed by atoms with Gasteiger partial charge in [-0.1, -0.05) is 0 Å². The number of rotatable bonds is 6. The molecule has 0 saturated heterocycles. The molecule has 13 heavy (non-hydrogen) atoms. The first kappa shape index (κ1) is 10.8. The van der Waals surface area contributed by atoms with E-state index in [0.29, 0.717) is 6.61 Å². The SMILES string of the molecule is COCC(Cl)CCNc1nccs1. The molecule has 0 bridgehead atoms. The summed E-state index contributed by atoms with van der Waals surface area (Å²) in [5.74, 6) is 0. The summed E-state index contributed by atoms with van der Waals surface area (Å²) in [6, 6.07) is 0. The van der Waals surface area contributed by atoms with Crippen LogP contribution >= 0.6 is 22.9 Å². The van der Waals surface area contributed by atoms with Crippen LogP contribution in [0, 0.1) is 0 Å². The molecule has 0 aliphatic carbocycles. The second-order valence-corrected chi connectivity index (χ2v) is 4.12. The van der Waals surface area contributed by atoms with Crippen LogP contribution in [0.4, 0.5) is 5.13 Å². The minimum atomic E-state index is 0.0810. The molecule has 1 heterocycles. The van der Waals surface area contributed by atoms with Crippen LogP contribution < -0.4 is 5.32 Å². The Bertz CT molecular complexity index is 218. The maximum Gasteiger partial charge on any atom is 0.182 e. The second-order valence-electron chi connectivity index (χ2n) is 2.61. The molecule has 0 aliphatic heterocycles. The van der Waals surface area contributed by atoms with E-state index >= 15 is 0 Å². The summed E-state index contributed by atoms with van der Waals surface area (Å²) in [5.41, 5.74) is 0. The lowest BCUT2D eigenvalue weighted by molar-refractivity contribution is 0.196. The lowest BCUT2D eigenvalue weighted by atomic mass is 10.3. The van der Waals surface area contributed by atoms with E-state index in [1.165, 1.54) is 0 Å². The van der Waals surface area contributed by atoms with Crippen molar-refractivity contribution in [3.63, 3.8) is 0 Å². The molecule has 1 N–H and O–H groups in total. The minimum absolute atomic E-state index is 0.0810. The zero-order valence-electron chi connectivity index (χ0n) is 7.50. The van der Waals surface area contributed by atoms with Crippen LogP contribution in [0.2, 0.25) is 0 Å². The molecule has 74 valence electrons. The molecular formula is C8H13ClN2OS. The first-order chi connectivity index (χ1) is 6.33. The fourth-order valence-electron chi connectivity index (χ4n) is 0.911. The monoisotopic (exact) mass is 220 g/mol. The molecule has 5 heteroatoms. The number of ether oxygens (including phenoxy) is 1. The highest BCUT2D eigenvalue weighted by Gasteiger charge is 2.03. The van der Waals surface area contributed by atoms with Crippen LogP contribution in [0.25, 0.3) is 0 Å². The molecule has 0 amide bonds. The van der Waals surface area contributed by atoms with E-state index in [1.54, 1.807) is 24.6 Å². The van der Waals surface area contributed by atoms with Crippen LogP contribution in [-0.2, 0) is 4.74 Å². The fraction of sp³-hybridized carbons (Fsp3) is 0.625. The van der Waals surface area contributed by atoms with Crippen molar-refractivity contribution in [1.29, 1.82) is 0 Å². The Balaban J connectivity index is 2.07. The summed E-state index contributed by atoms with van der Waals surface area (Å²) >= 11 is 7.53. The van der Waals surface area contributed by atoms with Crippen LogP contribution in [-0.4, -0.2) is 30.6 Å². The van der Waals surface area contributed by atoms with Gasteiger partial charge in [-0.25, -0.2) is 4.98 Å². The molecule has 3 nitrogen and oxygen atoms in total. The lowest BCUT2D eigenvalue weighted by Gasteiger charge is -2.07. The number of hydrogen-bond acceptors (Lipinski definition) is 4. The molecule has 1 rings (SSSR count). The van der Waals surface area contributed by atoms with Crippen molar-refractivity contribution < 1.29 is 4.74 Å². The highest BCUT2D eigenvalue weighted by atomic mass is 35.5. The first-order valence-corrected chi connectivity index (χ1v) is 5.41. The van der Waals surface area contributed by atoms with Gasteiger partial charge >= 0.3 is 0 Å². The van der Waals surface area contributed by atoms with E-state index in [-0.39, 0.29) is 5.38 Å². The van der Waals surface area contributed by atoms with Crippen molar-refractivity contribution in [2.45, 2.75) is 11.8 Å². The van der Waals surface area contributed by atoms with E-state index < -0.39 is 0 Å². The number of aromatic nitrogens is 1. The predicted octanol–water partition coefficient (Wildman–Crippen LogP) is 2.20. The van der Waals surface area contributed by atoms with Crippen LogP contribution in [0.1, 0.15) is 6.42 Å². The van der Waals surface area contributed by atoms with E-state index in [2.05, 4.69) is 10.3 Å². The molecule has 0 aliphatic rings. The Labute approximate surface area is 87.1 Å². The molecule has 1 aromatic heterocycles. The molecule has 0 saturated carbocycles. The van der Waals surface area contributed by atoms with Crippen LogP contribution in [0.3, 0.4) is 0 Å². The Morgan fingerprint density at radius 1 is 1.77 bits per heavy atom. The maximum atomic E-state index is 5.94. The predicted molar refractivity (Wildman–Crippen MR) is 56.7 cm³/mol. The van der Waals surface area contributed by atoms with E-state index in [1.807, 2.05) is 5.38 Å². The normalized spacial score (nSPS) is 12.8. The van der Waals surface area contributed by atoms with Crippen molar-refractivity contribution in [1.82, 2.24) is 4.98 Å². The van der Waals surface area contributed by atoms with Gasteiger partial charge in [0.2, 0.25) is 0 Å². The van der Waals surface area contributed by atoms with Crippen molar-refractivity contribution >= 4 is 28.1 Å². The summed E-state index contributed by atoms with van der Waals surface area (Å²) in [7, 11) is 1.66. The second kappa shape index (κ2) is 6.18. The summed E-state index contributed by atoms with van der Waals surface area (Å²) in [6.45, 7) is 1.44. The van der Waals surface area contributed by atoms with Gasteiger partial charge in [-0.05, 0) is 6.42 Å².